The highest BCUT2D eigenvalue weighted by Gasteiger charge is 2.61. The van der Waals surface area contributed by atoms with E-state index in [1.54, 1.807) is 7.11 Å². The van der Waals surface area contributed by atoms with Gasteiger partial charge in [-0.05, 0) is 105 Å². The van der Waals surface area contributed by atoms with E-state index in [0.717, 1.165) is 23.7 Å². The maximum Gasteiger partial charge on any atom is 0.146 e. The summed E-state index contributed by atoms with van der Waals surface area (Å²) in [6, 6.07) is 0. The molecule has 0 aliphatic heterocycles. The number of aliphatic hydroxyl groups is 1. The second-order valence-corrected chi connectivity index (χ2v) is 10.4. The van der Waals surface area contributed by atoms with Crippen LogP contribution in [0.1, 0.15) is 71.6 Å². The van der Waals surface area contributed by atoms with Crippen molar-refractivity contribution in [2.75, 3.05) is 13.9 Å². The van der Waals surface area contributed by atoms with Gasteiger partial charge in [-0.2, -0.15) is 0 Å². The topological polar surface area (TPSA) is 38.7 Å². The monoisotopic (exact) mass is 376 g/mol. The van der Waals surface area contributed by atoms with E-state index in [9.17, 15) is 5.11 Å². The molecule has 4 fully saturated rings. The molecule has 0 unspecified atom stereocenters. The number of aliphatic hydroxyl groups excluding tert-OH is 1. The van der Waals surface area contributed by atoms with Crippen molar-refractivity contribution in [1.82, 2.24) is 0 Å². The molecule has 0 saturated heterocycles. The van der Waals surface area contributed by atoms with E-state index in [-0.39, 0.29) is 11.5 Å². The lowest BCUT2D eigenvalue weighted by atomic mass is 9.44. The van der Waals surface area contributed by atoms with Crippen LogP contribution < -0.4 is 0 Å². The molecule has 0 aromatic heterocycles. The quantitative estimate of drug-likeness (QED) is 0.531. The van der Waals surface area contributed by atoms with E-state index >= 15 is 0 Å². The number of allylic oxidation sites excluding steroid dienone is 1. The lowest BCUT2D eigenvalue weighted by Crippen LogP contribution is -2.54. The molecule has 0 radical (unpaired) electrons. The van der Waals surface area contributed by atoms with E-state index in [2.05, 4.69) is 19.6 Å². The Morgan fingerprint density at radius 3 is 2.63 bits per heavy atom. The van der Waals surface area contributed by atoms with Gasteiger partial charge in [0.15, 0.2) is 0 Å². The second kappa shape index (κ2) is 7.46. The van der Waals surface area contributed by atoms with Gasteiger partial charge in [-0.25, -0.2) is 0 Å². The molecule has 0 amide bonds. The molecule has 3 nitrogen and oxygen atoms in total. The van der Waals surface area contributed by atoms with E-state index in [0.29, 0.717) is 24.2 Å². The lowest BCUT2D eigenvalue weighted by Gasteiger charge is -2.61. The average Bonchev–Trinajstić information content (AvgIpc) is 3.06. The minimum Gasteiger partial charge on any atom is -0.393 e. The van der Waals surface area contributed by atoms with Crippen molar-refractivity contribution < 1.29 is 14.6 Å². The predicted octanol–water partition coefficient (Wildman–Crippen LogP) is 5.18. The van der Waals surface area contributed by atoms with Crippen LogP contribution in [0, 0.1) is 40.4 Å². The molecule has 4 saturated carbocycles. The van der Waals surface area contributed by atoms with Gasteiger partial charge in [-0.1, -0.05) is 13.0 Å². The highest BCUT2D eigenvalue weighted by Crippen LogP contribution is 2.68. The maximum atomic E-state index is 10.4. The molecule has 4 aliphatic rings. The first-order valence-electron chi connectivity index (χ1n) is 11.4. The fourth-order valence-corrected chi connectivity index (χ4v) is 8.40. The van der Waals surface area contributed by atoms with Crippen LogP contribution in [0.15, 0.2) is 12.7 Å². The van der Waals surface area contributed by atoms with Crippen molar-refractivity contribution in [3.63, 3.8) is 0 Å². The molecule has 154 valence electrons. The molecule has 0 aromatic carbocycles. The second-order valence-electron chi connectivity index (χ2n) is 10.4. The van der Waals surface area contributed by atoms with E-state index in [4.69, 9.17) is 9.47 Å². The Labute approximate surface area is 165 Å². The van der Waals surface area contributed by atoms with Crippen molar-refractivity contribution in [2.45, 2.75) is 83.8 Å². The summed E-state index contributed by atoms with van der Waals surface area (Å²) in [6.45, 7) is 9.33. The normalized spacial score (nSPS) is 50.4. The van der Waals surface area contributed by atoms with Gasteiger partial charge in [0.25, 0.3) is 0 Å². The van der Waals surface area contributed by atoms with Crippen LogP contribution in [0.4, 0.5) is 0 Å². The summed E-state index contributed by atoms with van der Waals surface area (Å²) in [5, 5.41) is 10.4. The van der Waals surface area contributed by atoms with E-state index in [1.807, 2.05) is 6.92 Å². The van der Waals surface area contributed by atoms with Gasteiger partial charge in [0, 0.05) is 7.11 Å². The number of methoxy groups -OCH3 is 1. The van der Waals surface area contributed by atoms with Gasteiger partial charge in [-0.3, -0.25) is 0 Å². The number of hydrogen-bond acceptors (Lipinski definition) is 3. The highest BCUT2D eigenvalue weighted by molar-refractivity contribution is 5.16. The molecule has 27 heavy (non-hydrogen) atoms. The first-order valence-corrected chi connectivity index (χ1v) is 11.4. The summed E-state index contributed by atoms with van der Waals surface area (Å²) in [7, 11) is 1.72. The lowest BCUT2D eigenvalue weighted by molar-refractivity contribution is -0.151. The third-order valence-corrected chi connectivity index (χ3v) is 9.66. The molecular formula is C24H40O3. The summed E-state index contributed by atoms with van der Waals surface area (Å²) in [5.41, 5.74) is 0.670. The number of hydrogen-bond donors (Lipinski definition) is 1. The fourth-order valence-electron chi connectivity index (χ4n) is 8.40. The van der Waals surface area contributed by atoms with Crippen molar-refractivity contribution in [1.29, 1.82) is 0 Å². The SMILES string of the molecule is C=C[C@]12CC[C@H]3[C@@H](CC[C@H]4C[C@H](OCOC)CC[C@@]43C)[C@@H]1CC[C@@H]2[C@@H](C)O. The van der Waals surface area contributed by atoms with Crippen molar-refractivity contribution in [3.8, 4) is 0 Å². The summed E-state index contributed by atoms with van der Waals surface area (Å²) in [6.07, 6.45) is 13.9. The fraction of sp³-hybridized carbons (Fsp3) is 0.917. The van der Waals surface area contributed by atoms with Crippen molar-refractivity contribution in [3.05, 3.63) is 12.7 Å². The van der Waals surface area contributed by atoms with Gasteiger partial charge in [-0.15, -0.1) is 6.58 Å². The van der Waals surface area contributed by atoms with Gasteiger partial charge < -0.3 is 14.6 Å². The molecule has 9 atom stereocenters. The number of ether oxygens (including phenoxy) is 2. The Balaban J connectivity index is 1.53. The standard InChI is InChI=1S/C24H40O3/c1-5-24-13-11-21-19(22(24)9-8-20(24)16(2)25)7-6-17-14-18(27-15-26-4)10-12-23(17,21)3/h5,16-22,25H,1,6-15H2,2-4H3/t16-,17+,18-,19-,20-,21+,22+,23+,24-/m1/s1. The largest absolute Gasteiger partial charge is 0.393 e. The Morgan fingerprint density at radius 2 is 1.93 bits per heavy atom. The minimum absolute atomic E-state index is 0.192. The zero-order valence-electron chi connectivity index (χ0n) is 17.7. The van der Waals surface area contributed by atoms with Crippen LogP contribution in [0.3, 0.4) is 0 Å². The Morgan fingerprint density at radius 1 is 1.11 bits per heavy atom. The van der Waals surface area contributed by atoms with Gasteiger partial charge in [0.05, 0.1) is 12.2 Å². The molecule has 0 heterocycles. The highest BCUT2D eigenvalue weighted by atomic mass is 16.7. The molecule has 0 aromatic rings. The first kappa shape index (κ1) is 19.9. The van der Waals surface area contributed by atoms with E-state index in [1.165, 1.54) is 57.8 Å². The molecule has 4 rings (SSSR count). The number of fused-ring (bicyclic) bond motifs is 5. The third-order valence-electron chi connectivity index (χ3n) is 9.66. The van der Waals surface area contributed by atoms with Gasteiger partial charge >= 0.3 is 0 Å². The van der Waals surface area contributed by atoms with Crippen LogP contribution in [-0.4, -0.2) is 31.2 Å². The Bertz CT molecular complexity index is 546. The zero-order valence-corrected chi connectivity index (χ0v) is 17.7. The predicted molar refractivity (Wildman–Crippen MR) is 108 cm³/mol. The van der Waals surface area contributed by atoms with Crippen LogP contribution >= 0.6 is 0 Å². The Kier molecular flexibility index (Phi) is 5.50. The van der Waals surface area contributed by atoms with Crippen molar-refractivity contribution >= 4 is 0 Å². The zero-order chi connectivity index (χ0) is 19.2. The molecular weight excluding hydrogens is 336 g/mol. The van der Waals surface area contributed by atoms with Crippen LogP contribution in [0.25, 0.3) is 0 Å². The molecule has 3 heteroatoms. The molecule has 4 aliphatic carbocycles. The Hall–Kier alpha value is -0.380. The maximum absolute atomic E-state index is 10.4. The summed E-state index contributed by atoms with van der Waals surface area (Å²) in [4.78, 5) is 0. The van der Waals surface area contributed by atoms with Crippen molar-refractivity contribution in [2.24, 2.45) is 40.4 Å². The average molecular weight is 377 g/mol. The minimum atomic E-state index is -0.204. The summed E-state index contributed by atoms with van der Waals surface area (Å²) in [5.74, 6) is 3.65. The van der Waals surface area contributed by atoms with Crippen LogP contribution in [0.2, 0.25) is 0 Å². The molecule has 0 spiro atoms. The smallest absolute Gasteiger partial charge is 0.146 e. The third kappa shape index (κ3) is 3.04. The number of rotatable bonds is 5. The molecule has 1 N–H and O–H groups in total. The first-order chi connectivity index (χ1) is 13.0. The van der Waals surface area contributed by atoms with Gasteiger partial charge in [0.1, 0.15) is 6.79 Å². The molecule has 0 bridgehead atoms. The summed E-state index contributed by atoms with van der Waals surface area (Å²) >= 11 is 0. The summed E-state index contributed by atoms with van der Waals surface area (Å²) < 4.78 is 11.1. The van der Waals surface area contributed by atoms with Crippen LogP contribution in [-0.2, 0) is 9.47 Å². The van der Waals surface area contributed by atoms with E-state index < -0.39 is 0 Å². The van der Waals surface area contributed by atoms with Gasteiger partial charge in [0.2, 0.25) is 0 Å². The van der Waals surface area contributed by atoms with Crippen LogP contribution in [0.5, 0.6) is 0 Å².